The lowest BCUT2D eigenvalue weighted by Crippen LogP contribution is -2.19. The van der Waals surface area contributed by atoms with Gasteiger partial charge in [-0.15, -0.1) is 0 Å². The fourth-order valence-corrected chi connectivity index (χ4v) is 2.56. The summed E-state index contributed by atoms with van der Waals surface area (Å²) in [5.74, 6) is -0.0573. The second kappa shape index (κ2) is 7.23. The molecule has 0 fully saturated rings. The Hall–Kier alpha value is -0.430. The number of rotatable bonds is 5. The number of halogens is 2. The van der Waals surface area contributed by atoms with E-state index in [-0.39, 0.29) is 11.5 Å². The summed E-state index contributed by atoms with van der Waals surface area (Å²) in [6.07, 6.45) is -1.95. The molecule has 0 bridgehead atoms. The molecule has 1 aromatic rings. The molecule has 0 amide bonds. The second-order valence-electron chi connectivity index (χ2n) is 3.81. The first-order valence-corrected chi connectivity index (χ1v) is 7.14. The summed E-state index contributed by atoms with van der Waals surface area (Å²) in [5, 5.41) is 19.7. The summed E-state index contributed by atoms with van der Waals surface area (Å²) in [6.45, 7) is 1.44. The van der Waals surface area contributed by atoms with E-state index in [1.807, 2.05) is 0 Å². The van der Waals surface area contributed by atoms with Crippen molar-refractivity contribution in [2.45, 2.75) is 25.6 Å². The van der Waals surface area contributed by atoms with Crippen LogP contribution in [0.15, 0.2) is 22.7 Å². The maximum absolute atomic E-state index is 13.1. The Bertz CT molecular complexity index is 428. The van der Waals surface area contributed by atoms with Crippen molar-refractivity contribution in [3.63, 3.8) is 0 Å². The van der Waals surface area contributed by atoms with Crippen LogP contribution in [-0.2, 0) is 4.79 Å². The third-order valence-corrected chi connectivity index (χ3v) is 3.93. The lowest BCUT2D eigenvalue weighted by atomic mass is 10.0. The largest absolute Gasteiger partial charge is 0.390 e. The van der Waals surface area contributed by atoms with Gasteiger partial charge >= 0.3 is 0 Å². The number of hydrogen-bond donors (Lipinski definition) is 2. The van der Waals surface area contributed by atoms with Crippen LogP contribution in [0.1, 0.15) is 25.0 Å². The monoisotopic (exact) mass is 336 g/mol. The van der Waals surface area contributed by atoms with Crippen molar-refractivity contribution in [3.05, 3.63) is 34.1 Å². The van der Waals surface area contributed by atoms with E-state index in [0.29, 0.717) is 15.8 Å². The first-order chi connectivity index (χ1) is 8.41. The molecule has 1 rings (SSSR count). The normalized spacial score (nSPS) is 14.3. The third-order valence-electron chi connectivity index (χ3n) is 2.36. The number of carbonyl (C=O) groups is 1. The predicted molar refractivity (Wildman–Crippen MR) is 72.8 cm³/mol. The lowest BCUT2D eigenvalue weighted by molar-refractivity contribution is -0.109. The van der Waals surface area contributed by atoms with E-state index >= 15 is 0 Å². The number of thioether (sulfide) groups is 1. The molecule has 0 spiro atoms. The minimum absolute atomic E-state index is 0.0383. The lowest BCUT2D eigenvalue weighted by Gasteiger charge is -2.19. The molecule has 0 aliphatic rings. The number of benzene rings is 1. The molecule has 0 aliphatic heterocycles. The zero-order valence-corrected chi connectivity index (χ0v) is 12.2. The molecule has 0 aliphatic carbocycles. The Labute approximate surface area is 118 Å². The average molecular weight is 337 g/mol. The number of aliphatic hydroxyl groups excluding tert-OH is 2. The molecule has 0 heterocycles. The van der Waals surface area contributed by atoms with E-state index in [0.717, 1.165) is 11.8 Å². The molecule has 6 heteroatoms. The summed E-state index contributed by atoms with van der Waals surface area (Å²) >= 11 is 4.28. The molecular weight excluding hydrogens is 323 g/mol. The Morgan fingerprint density at radius 2 is 2.17 bits per heavy atom. The highest BCUT2D eigenvalue weighted by Crippen LogP contribution is 2.28. The van der Waals surface area contributed by atoms with Crippen LogP contribution in [0.5, 0.6) is 0 Å². The highest BCUT2D eigenvalue weighted by Gasteiger charge is 2.21. The van der Waals surface area contributed by atoms with Crippen LogP contribution in [0.25, 0.3) is 0 Å². The van der Waals surface area contributed by atoms with E-state index in [4.69, 9.17) is 0 Å². The highest BCUT2D eigenvalue weighted by molar-refractivity contribution is 9.10. The van der Waals surface area contributed by atoms with Gasteiger partial charge in [-0.25, -0.2) is 4.39 Å². The molecule has 2 unspecified atom stereocenters. The molecule has 0 saturated carbocycles. The second-order valence-corrected chi connectivity index (χ2v) is 5.93. The van der Waals surface area contributed by atoms with Gasteiger partial charge in [-0.1, -0.05) is 27.7 Å². The minimum atomic E-state index is -1.18. The summed E-state index contributed by atoms with van der Waals surface area (Å²) < 4.78 is 13.6. The molecule has 0 saturated heterocycles. The summed E-state index contributed by atoms with van der Waals surface area (Å²) in [4.78, 5) is 10.7. The van der Waals surface area contributed by atoms with Gasteiger partial charge in [0.1, 0.15) is 11.9 Å². The first kappa shape index (κ1) is 15.6. The van der Waals surface area contributed by atoms with Crippen LogP contribution in [0, 0.1) is 5.82 Å². The van der Waals surface area contributed by atoms with Crippen LogP contribution in [0.2, 0.25) is 0 Å². The van der Waals surface area contributed by atoms with Crippen LogP contribution < -0.4 is 0 Å². The van der Waals surface area contributed by atoms with Gasteiger partial charge in [0, 0.05) is 22.7 Å². The third kappa shape index (κ3) is 4.68. The predicted octanol–water partition coefficient (Wildman–Crippen LogP) is 2.65. The van der Waals surface area contributed by atoms with Gasteiger partial charge in [-0.3, -0.25) is 4.79 Å². The van der Waals surface area contributed by atoms with Gasteiger partial charge in [0.15, 0.2) is 5.12 Å². The summed E-state index contributed by atoms with van der Waals surface area (Å²) in [5.41, 5.74) is 0.301. The molecule has 2 N–H and O–H groups in total. The minimum Gasteiger partial charge on any atom is -0.390 e. The maximum Gasteiger partial charge on any atom is 0.185 e. The van der Waals surface area contributed by atoms with Gasteiger partial charge < -0.3 is 10.2 Å². The SMILES string of the molecule is CC(=O)SCCC(O)C(O)c1cc(F)ccc1Br. The summed E-state index contributed by atoms with van der Waals surface area (Å²) in [7, 11) is 0. The van der Waals surface area contributed by atoms with E-state index in [2.05, 4.69) is 15.9 Å². The highest BCUT2D eigenvalue weighted by atomic mass is 79.9. The van der Waals surface area contributed by atoms with Crippen LogP contribution >= 0.6 is 27.7 Å². The molecule has 18 heavy (non-hydrogen) atoms. The van der Waals surface area contributed by atoms with E-state index in [1.54, 1.807) is 0 Å². The van der Waals surface area contributed by atoms with Crippen molar-refractivity contribution in [1.29, 1.82) is 0 Å². The van der Waals surface area contributed by atoms with Crippen LogP contribution in [0.4, 0.5) is 4.39 Å². The standard InChI is InChI=1S/C12H14BrFO3S/c1-7(15)18-5-4-11(16)12(17)9-6-8(14)2-3-10(9)13/h2-3,6,11-12,16-17H,4-5H2,1H3. The molecule has 2 atom stereocenters. The fourth-order valence-electron chi connectivity index (χ4n) is 1.43. The number of aliphatic hydroxyl groups is 2. The van der Waals surface area contributed by atoms with Gasteiger partial charge in [0.25, 0.3) is 0 Å². The zero-order chi connectivity index (χ0) is 13.7. The zero-order valence-electron chi connectivity index (χ0n) is 9.77. The van der Waals surface area contributed by atoms with Gasteiger partial charge in [0.2, 0.25) is 0 Å². The summed E-state index contributed by atoms with van der Waals surface area (Å²) in [6, 6.07) is 3.92. The van der Waals surface area contributed by atoms with Gasteiger partial charge in [-0.05, 0) is 24.6 Å². The van der Waals surface area contributed by atoms with E-state index < -0.39 is 18.0 Å². The van der Waals surface area contributed by atoms with Crippen molar-refractivity contribution >= 4 is 32.8 Å². The van der Waals surface area contributed by atoms with Gasteiger partial charge in [-0.2, -0.15) is 0 Å². The van der Waals surface area contributed by atoms with E-state index in [1.165, 1.54) is 25.1 Å². The quantitative estimate of drug-likeness (QED) is 0.867. The van der Waals surface area contributed by atoms with Crippen molar-refractivity contribution in [2.75, 3.05) is 5.75 Å². The Morgan fingerprint density at radius 1 is 1.50 bits per heavy atom. The molecule has 1 aromatic carbocycles. The average Bonchev–Trinajstić information content (AvgIpc) is 2.30. The van der Waals surface area contributed by atoms with Crippen LogP contribution in [-0.4, -0.2) is 27.2 Å². The Morgan fingerprint density at radius 3 is 2.78 bits per heavy atom. The Kier molecular flexibility index (Phi) is 6.28. The first-order valence-electron chi connectivity index (χ1n) is 5.36. The molecule has 0 aromatic heterocycles. The topological polar surface area (TPSA) is 57.5 Å². The van der Waals surface area contributed by atoms with E-state index in [9.17, 15) is 19.4 Å². The molecular formula is C12H14BrFO3S. The van der Waals surface area contributed by atoms with Crippen molar-refractivity contribution < 1.29 is 19.4 Å². The molecule has 100 valence electrons. The maximum atomic E-state index is 13.1. The van der Waals surface area contributed by atoms with Crippen molar-refractivity contribution in [2.24, 2.45) is 0 Å². The fraction of sp³-hybridized carbons (Fsp3) is 0.417. The molecule has 3 nitrogen and oxygen atoms in total. The van der Waals surface area contributed by atoms with Gasteiger partial charge in [0.05, 0.1) is 6.10 Å². The smallest absolute Gasteiger partial charge is 0.185 e. The van der Waals surface area contributed by atoms with Crippen LogP contribution in [0.3, 0.4) is 0 Å². The van der Waals surface area contributed by atoms with Crippen molar-refractivity contribution in [3.8, 4) is 0 Å². The van der Waals surface area contributed by atoms with Crippen molar-refractivity contribution in [1.82, 2.24) is 0 Å². The number of carbonyl (C=O) groups excluding carboxylic acids is 1. The number of hydrogen-bond acceptors (Lipinski definition) is 4. The molecule has 0 radical (unpaired) electrons. The Balaban J connectivity index is 2.64.